The van der Waals surface area contributed by atoms with Crippen LogP contribution in [0.25, 0.3) is 0 Å². The lowest BCUT2D eigenvalue weighted by atomic mass is 10.0. The first-order valence-electron chi connectivity index (χ1n) is 5.89. The third kappa shape index (κ3) is 3.23. The van der Waals surface area contributed by atoms with E-state index in [9.17, 15) is 8.78 Å². The highest BCUT2D eigenvalue weighted by Gasteiger charge is 2.29. The molecule has 0 aliphatic carbocycles. The minimum atomic E-state index is -0.532. The van der Waals surface area contributed by atoms with Gasteiger partial charge in [-0.15, -0.1) is 0 Å². The molecule has 2 rings (SSSR count). The van der Waals surface area contributed by atoms with Crippen molar-refractivity contribution in [1.82, 2.24) is 10.6 Å². The second-order valence-electron chi connectivity index (χ2n) is 5.28. The maximum absolute atomic E-state index is 13.4. The van der Waals surface area contributed by atoms with Crippen molar-refractivity contribution in [3.63, 3.8) is 0 Å². The predicted octanol–water partition coefficient (Wildman–Crippen LogP) is 2.19. The zero-order valence-corrected chi connectivity index (χ0v) is 10.2. The van der Waals surface area contributed by atoms with E-state index in [1.807, 2.05) is 0 Å². The molecule has 4 heteroatoms. The van der Waals surface area contributed by atoms with E-state index in [2.05, 4.69) is 24.5 Å². The van der Waals surface area contributed by atoms with Gasteiger partial charge in [0.2, 0.25) is 0 Å². The first kappa shape index (κ1) is 12.5. The largest absolute Gasteiger partial charge is 0.310 e. The molecule has 94 valence electrons. The quantitative estimate of drug-likeness (QED) is 0.846. The van der Waals surface area contributed by atoms with Crippen molar-refractivity contribution < 1.29 is 8.78 Å². The summed E-state index contributed by atoms with van der Waals surface area (Å²) in [4.78, 5) is 0. The van der Waals surface area contributed by atoms with E-state index < -0.39 is 11.6 Å². The van der Waals surface area contributed by atoms with E-state index >= 15 is 0 Å². The van der Waals surface area contributed by atoms with Crippen LogP contribution in [-0.4, -0.2) is 18.1 Å². The van der Waals surface area contributed by atoms with Gasteiger partial charge in [-0.1, -0.05) is 6.07 Å². The third-order valence-electron chi connectivity index (χ3n) is 3.18. The van der Waals surface area contributed by atoms with Crippen LogP contribution < -0.4 is 10.6 Å². The fraction of sp³-hybridized carbons (Fsp3) is 0.538. The molecule has 17 heavy (non-hydrogen) atoms. The summed E-state index contributed by atoms with van der Waals surface area (Å²) in [5.74, 6) is -1.02. The molecule has 1 aliphatic heterocycles. The number of hydrogen-bond donors (Lipinski definition) is 2. The van der Waals surface area contributed by atoms with Crippen LogP contribution in [0.3, 0.4) is 0 Å². The Morgan fingerprint density at radius 2 is 2.18 bits per heavy atom. The Hall–Kier alpha value is -1.00. The molecule has 1 aromatic carbocycles. The molecule has 0 spiro atoms. The van der Waals surface area contributed by atoms with Gasteiger partial charge in [0.1, 0.15) is 11.6 Å². The number of benzene rings is 1. The fourth-order valence-corrected chi connectivity index (χ4v) is 2.22. The number of hydrogen-bond acceptors (Lipinski definition) is 2. The topological polar surface area (TPSA) is 24.1 Å². The van der Waals surface area contributed by atoms with Crippen LogP contribution in [0.4, 0.5) is 8.78 Å². The van der Waals surface area contributed by atoms with Crippen molar-refractivity contribution in [3.8, 4) is 0 Å². The van der Waals surface area contributed by atoms with E-state index in [1.54, 1.807) is 0 Å². The zero-order valence-electron chi connectivity index (χ0n) is 10.2. The number of halogens is 2. The average molecular weight is 240 g/mol. The normalized spacial score (nSPS) is 22.9. The van der Waals surface area contributed by atoms with Gasteiger partial charge in [0.25, 0.3) is 0 Å². The van der Waals surface area contributed by atoms with Crippen LogP contribution in [0, 0.1) is 11.6 Å². The highest BCUT2D eigenvalue weighted by Crippen LogP contribution is 2.18. The van der Waals surface area contributed by atoms with E-state index in [0.29, 0.717) is 18.2 Å². The highest BCUT2D eigenvalue weighted by atomic mass is 19.1. The Labute approximate surface area is 100 Å². The van der Waals surface area contributed by atoms with Gasteiger partial charge in [0.05, 0.1) is 0 Å². The lowest BCUT2D eigenvalue weighted by molar-refractivity contribution is 0.440. The maximum Gasteiger partial charge on any atom is 0.130 e. The Morgan fingerprint density at radius 3 is 2.76 bits per heavy atom. The van der Waals surface area contributed by atoms with Gasteiger partial charge in [-0.3, -0.25) is 0 Å². The molecule has 0 radical (unpaired) electrons. The van der Waals surface area contributed by atoms with Crippen molar-refractivity contribution in [1.29, 1.82) is 0 Å². The molecule has 0 aromatic heterocycles. The molecule has 0 bridgehead atoms. The maximum atomic E-state index is 13.4. The molecule has 0 amide bonds. The van der Waals surface area contributed by atoms with Gasteiger partial charge in [0, 0.05) is 36.3 Å². The van der Waals surface area contributed by atoms with E-state index in [0.717, 1.165) is 19.0 Å². The van der Waals surface area contributed by atoms with E-state index in [4.69, 9.17) is 0 Å². The summed E-state index contributed by atoms with van der Waals surface area (Å²) in [6.45, 7) is 5.62. The molecule has 1 fully saturated rings. The van der Waals surface area contributed by atoms with Crippen LogP contribution >= 0.6 is 0 Å². The summed E-state index contributed by atoms with van der Waals surface area (Å²) >= 11 is 0. The highest BCUT2D eigenvalue weighted by molar-refractivity contribution is 5.18. The molecule has 1 saturated heterocycles. The van der Waals surface area contributed by atoms with Gasteiger partial charge in [-0.05, 0) is 26.3 Å². The standard InChI is InChI=1S/C13H18F2N2/c1-13(2)6-11(8-17-13)16-7-9-3-4-10(14)5-12(9)15/h3-5,11,16-17H,6-8H2,1-2H3. The number of rotatable bonds is 3. The Bertz CT molecular complexity index is 404. The van der Waals surface area contributed by atoms with Gasteiger partial charge >= 0.3 is 0 Å². The van der Waals surface area contributed by atoms with Gasteiger partial charge in [0.15, 0.2) is 0 Å². The van der Waals surface area contributed by atoms with Crippen molar-refractivity contribution >= 4 is 0 Å². The van der Waals surface area contributed by atoms with Crippen LogP contribution in [0.2, 0.25) is 0 Å². The molecule has 1 atom stereocenters. The molecule has 2 nitrogen and oxygen atoms in total. The lowest BCUT2D eigenvalue weighted by Crippen LogP contribution is -2.31. The average Bonchev–Trinajstić information content (AvgIpc) is 2.57. The van der Waals surface area contributed by atoms with Crippen LogP contribution in [-0.2, 0) is 6.54 Å². The molecular weight excluding hydrogens is 222 g/mol. The molecule has 2 N–H and O–H groups in total. The summed E-state index contributed by atoms with van der Waals surface area (Å²) < 4.78 is 26.1. The third-order valence-corrected chi connectivity index (χ3v) is 3.18. The first-order chi connectivity index (χ1) is 7.96. The monoisotopic (exact) mass is 240 g/mol. The number of nitrogens with one attached hydrogen (secondary N) is 2. The summed E-state index contributed by atoms with van der Waals surface area (Å²) in [6, 6.07) is 4.05. The first-order valence-corrected chi connectivity index (χ1v) is 5.89. The van der Waals surface area contributed by atoms with Crippen LogP contribution in [0.1, 0.15) is 25.8 Å². The van der Waals surface area contributed by atoms with Crippen LogP contribution in [0.15, 0.2) is 18.2 Å². The SMILES string of the molecule is CC1(C)CC(NCc2ccc(F)cc2F)CN1. The fourth-order valence-electron chi connectivity index (χ4n) is 2.22. The molecule has 1 aromatic rings. The summed E-state index contributed by atoms with van der Waals surface area (Å²) in [7, 11) is 0. The molecule has 1 heterocycles. The Balaban J connectivity index is 1.90. The lowest BCUT2D eigenvalue weighted by Gasteiger charge is -2.17. The minimum absolute atomic E-state index is 0.138. The van der Waals surface area contributed by atoms with Crippen molar-refractivity contribution in [3.05, 3.63) is 35.4 Å². The molecule has 1 aliphatic rings. The second-order valence-corrected chi connectivity index (χ2v) is 5.28. The summed E-state index contributed by atoms with van der Waals surface area (Å²) in [5.41, 5.74) is 0.648. The zero-order chi connectivity index (χ0) is 12.5. The Morgan fingerprint density at radius 1 is 1.41 bits per heavy atom. The van der Waals surface area contributed by atoms with Crippen LogP contribution in [0.5, 0.6) is 0 Å². The summed E-state index contributed by atoms with van der Waals surface area (Å²) in [5, 5.41) is 6.68. The van der Waals surface area contributed by atoms with Gasteiger partial charge in [-0.25, -0.2) is 8.78 Å². The van der Waals surface area contributed by atoms with Crippen molar-refractivity contribution in [2.24, 2.45) is 0 Å². The van der Waals surface area contributed by atoms with Gasteiger partial charge < -0.3 is 10.6 Å². The Kier molecular flexibility index (Phi) is 3.45. The van der Waals surface area contributed by atoms with Crippen molar-refractivity contribution in [2.75, 3.05) is 6.54 Å². The van der Waals surface area contributed by atoms with E-state index in [1.165, 1.54) is 12.1 Å². The smallest absolute Gasteiger partial charge is 0.130 e. The second kappa shape index (κ2) is 4.70. The van der Waals surface area contributed by atoms with Crippen molar-refractivity contribution in [2.45, 2.75) is 38.4 Å². The molecule has 0 saturated carbocycles. The predicted molar refractivity (Wildman–Crippen MR) is 63.7 cm³/mol. The minimum Gasteiger partial charge on any atom is -0.310 e. The molecular formula is C13H18F2N2. The molecule has 1 unspecified atom stereocenters. The summed E-state index contributed by atoms with van der Waals surface area (Å²) in [6.07, 6.45) is 1.01. The van der Waals surface area contributed by atoms with E-state index in [-0.39, 0.29) is 5.54 Å². The van der Waals surface area contributed by atoms with Gasteiger partial charge in [-0.2, -0.15) is 0 Å².